The molecule has 1 atom stereocenters. The van der Waals surface area contributed by atoms with Gasteiger partial charge in [-0.1, -0.05) is 30.3 Å². The smallest absolute Gasteiger partial charge is 0.145 e. The zero-order valence-electron chi connectivity index (χ0n) is 12.4. The van der Waals surface area contributed by atoms with Gasteiger partial charge in [-0.3, -0.25) is 0 Å². The fraction of sp³-hybridized carbons (Fsp3) is 0.529. The predicted octanol–water partition coefficient (Wildman–Crippen LogP) is 3.20. The van der Waals surface area contributed by atoms with Crippen LogP contribution in [-0.4, -0.2) is 31.0 Å². The molecule has 0 aliphatic carbocycles. The number of rotatable bonds is 6. The molecule has 2 rings (SSSR count). The lowest BCUT2D eigenvalue weighted by Crippen LogP contribution is -2.51. The molecule has 1 aliphatic heterocycles. The van der Waals surface area contributed by atoms with Gasteiger partial charge in [0.25, 0.3) is 0 Å². The van der Waals surface area contributed by atoms with E-state index in [2.05, 4.69) is 6.07 Å². The molecule has 1 saturated heterocycles. The van der Waals surface area contributed by atoms with Crippen molar-refractivity contribution in [3.05, 3.63) is 35.9 Å². The zero-order valence-corrected chi connectivity index (χ0v) is 13.2. The first-order chi connectivity index (χ1) is 10.2. The monoisotopic (exact) mass is 303 g/mol. The molecule has 0 bridgehead atoms. The van der Waals surface area contributed by atoms with Crippen molar-refractivity contribution in [1.82, 2.24) is 0 Å². The van der Waals surface area contributed by atoms with E-state index < -0.39 is 10.8 Å². The van der Waals surface area contributed by atoms with Gasteiger partial charge in [0.1, 0.15) is 11.7 Å². The molecule has 1 heterocycles. The average Bonchev–Trinajstić information content (AvgIpc) is 2.58. The molecular weight excluding hydrogens is 282 g/mol. The van der Waals surface area contributed by atoms with Gasteiger partial charge >= 0.3 is 0 Å². The fourth-order valence-electron chi connectivity index (χ4n) is 3.18. The molecule has 1 unspecified atom stereocenters. The molecule has 3 nitrogen and oxygen atoms in total. The molecule has 0 radical (unpaired) electrons. The molecule has 1 aromatic rings. The molecule has 1 aromatic carbocycles. The zero-order chi connectivity index (χ0) is 15.2. The summed E-state index contributed by atoms with van der Waals surface area (Å²) in [6.45, 7) is 2.57. The highest BCUT2D eigenvalue weighted by Crippen LogP contribution is 2.50. The number of carbonyl (C=O) groups is 1. The number of hydrogen-bond acceptors (Lipinski definition) is 4. The maximum atomic E-state index is 11.9. The van der Waals surface area contributed by atoms with Crippen LogP contribution in [0.1, 0.15) is 25.3 Å². The first kappa shape index (κ1) is 16.1. The fourth-order valence-corrected chi connectivity index (χ4v) is 4.37. The van der Waals surface area contributed by atoms with Crippen LogP contribution in [0.3, 0.4) is 0 Å². The second kappa shape index (κ2) is 7.11. The summed E-state index contributed by atoms with van der Waals surface area (Å²) in [5, 5.41) is 9.81. The van der Waals surface area contributed by atoms with Gasteiger partial charge in [-0.15, -0.1) is 0 Å². The van der Waals surface area contributed by atoms with E-state index in [1.165, 1.54) is 0 Å². The second-order valence-corrected chi connectivity index (χ2v) is 6.62. The minimum Gasteiger partial charge on any atom is -0.380 e. The summed E-state index contributed by atoms with van der Waals surface area (Å²) in [6, 6.07) is 12.3. The lowest BCUT2D eigenvalue weighted by Gasteiger charge is -2.46. The summed E-state index contributed by atoms with van der Waals surface area (Å²) in [7, 11) is 0. The molecule has 0 spiro atoms. The summed E-state index contributed by atoms with van der Waals surface area (Å²) in [4.78, 5) is 11.9. The van der Waals surface area contributed by atoms with Crippen molar-refractivity contribution < 1.29 is 9.53 Å². The largest absolute Gasteiger partial charge is 0.380 e. The van der Waals surface area contributed by atoms with Crippen molar-refractivity contribution in [2.24, 2.45) is 5.41 Å². The van der Waals surface area contributed by atoms with Crippen LogP contribution in [0, 0.1) is 16.7 Å². The third kappa shape index (κ3) is 2.86. The number of hydrogen-bond donors (Lipinski definition) is 0. The molecule has 0 N–H and O–H groups in total. The summed E-state index contributed by atoms with van der Waals surface area (Å²) < 4.78 is 5.52. The van der Waals surface area contributed by atoms with E-state index in [9.17, 15) is 10.1 Å². The summed E-state index contributed by atoms with van der Waals surface area (Å²) >= 11 is 1.89. The van der Waals surface area contributed by atoms with Gasteiger partial charge in [-0.05, 0) is 36.8 Å². The minimum absolute atomic E-state index is 0.170. The Morgan fingerprint density at radius 2 is 2.05 bits per heavy atom. The van der Waals surface area contributed by atoms with Crippen molar-refractivity contribution in [1.29, 1.82) is 5.26 Å². The molecule has 0 amide bonds. The van der Waals surface area contributed by atoms with Crippen LogP contribution in [0.2, 0.25) is 0 Å². The van der Waals surface area contributed by atoms with E-state index in [0.29, 0.717) is 6.61 Å². The topological polar surface area (TPSA) is 50.1 Å². The highest BCUT2D eigenvalue weighted by atomic mass is 32.2. The van der Waals surface area contributed by atoms with Crippen molar-refractivity contribution in [2.45, 2.75) is 25.2 Å². The molecule has 21 heavy (non-hydrogen) atoms. The number of carbonyl (C=O) groups excluding carboxylic acids is 1. The van der Waals surface area contributed by atoms with Crippen LogP contribution in [0.5, 0.6) is 0 Å². The maximum absolute atomic E-state index is 11.9. The lowest BCUT2D eigenvalue weighted by atomic mass is 9.58. The third-order valence-electron chi connectivity index (χ3n) is 4.46. The highest BCUT2D eigenvalue weighted by Gasteiger charge is 2.53. The maximum Gasteiger partial charge on any atom is 0.145 e. The van der Waals surface area contributed by atoms with Gasteiger partial charge in [0, 0.05) is 12.0 Å². The van der Waals surface area contributed by atoms with Crippen LogP contribution in [-0.2, 0) is 14.9 Å². The van der Waals surface area contributed by atoms with Crippen LogP contribution in [0.25, 0.3) is 0 Å². The quantitative estimate of drug-likeness (QED) is 0.757. The van der Waals surface area contributed by atoms with E-state index >= 15 is 0 Å². The minimum atomic E-state index is -1.11. The van der Waals surface area contributed by atoms with Crippen molar-refractivity contribution in [3.63, 3.8) is 0 Å². The molecule has 1 fully saturated rings. The van der Waals surface area contributed by atoms with E-state index in [1.807, 2.05) is 49.0 Å². The molecule has 4 heteroatoms. The molecule has 0 aromatic heterocycles. The summed E-state index contributed by atoms with van der Waals surface area (Å²) in [5.74, 6) is 1.94. The predicted molar refractivity (Wildman–Crippen MR) is 85.3 cm³/mol. The Morgan fingerprint density at radius 3 is 2.57 bits per heavy atom. The SMILES string of the molecule is CCOCC(C#N)(C=O)C1(c2ccccc2)CCSCC1. The Hall–Kier alpha value is -1.31. The first-order valence-corrected chi connectivity index (χ1v) is 8.49. The Bertz CT molecular complexity index is 505. The van der Waals surface area contributed by atoms with E-state index in [0.717, 1.165) is 36.2 Å². The first-order valence-electron chi connectivity index (χ1n) is 7.33. The van der Waals surface area contributed by atoms with Gasteiger partial charge in [0.05, 0.1) is 12.7 Å². The van der Waals surface area contributed by atoms with Crippen LogP contribution in [0.15, 0.2) is 30.3 Å². The van der Waals surface area contributed by atoms with Crippen molar-refractivity contribution >= 4 is 18.0 Å². The number of nitrogens with zero attached hydrogens (tertiary/aromatic N) is 1. The Labute approximate surface area is 130 Å². The number of benzene rings is 1. The normalized spacial score (nSPS) is 20.2. The Kier molecular flexibility index (Phi) is 5.44. The Balaban J connectivity index is 2.52. The van der Waals surface area contributed by atoms with E-state index in [1.54, 1.807) is 0 Å². The van der Waals surface area contributed by atoms with Crippen molar-refractivity contribution in [2.75, 3.05) is 24.7 Å². The lowest BCUT2D eigenvalue weighted by molar-refractivity contribution is -0.121. The van der Waals surface area contributed by atoms with Gasteiger partial charge in [-0.2, -0.15) is 17.0 Å². The standard InChI is InChI=1S/C17H21NO2S/c1-2-20-14-16(12-18,13-19)17(8-10-21-11-9-17)15-6-4-3-5-7-15/h3-7,13H,2,8-11,14H2,1H3. The second-order valence-electron chi connectivity index (χ2n) is 5.40. The van der Waals surface area contributed by atoms with Crippen LogP contribution in [0.4, 0.5) is 0 Å². The van der Waals surface area contributed by atoms with Gasteiger partial charge in [0.2, 0.25) is 0 Å². The van der Waals surface area contributed by atoms with Crippen LogP contribution >= 0.6 is 11.8 Å². The molecule has 0 saturated carbocycles. The van der Waals surface area contributed by atoms with E-state index in [4.69, 9.17) is 4.74 Å². The molecular formula is C17H21NO2S. The number of ether oxygens (including phenoxy) is 1. The average molecular weight is 303 g/mol. The molecule has 112 valence electrons. The van der Waals surface area contributed by atoms with Gasteiger partial charge in [0.15, 0.2) is 0 Å². The number of nitriles is 1. The van der Waals surface area contributed by atoms with E-state index in [-0.39, 0.29) is 6.61 Å². The Morgan fingerprint density at radius 1 is 1.38 bits per heavy atom. The highest BCUT2D eigenvalue weighted by molar-refractivity contribution is 7.99. The summed E-state index contributed by atoms with van der Waals surface area (Å²) in [6.07, 6.45) is 2.49. The number of thioether (sulfide) groups is 1. The third-order valence-corrected chi connectivity index (χ3v) is 5.45. The van der Waals surface area contributed by atoms with Gasteiger partial charge < -0.3 is 9.53 Å². The van der Waals surface area contributed by atoms with Crippen molar-refractivity contribution in [3.8, 4) is 6.07 Å². The summed E-state index contributed by atoms with van der Waals surface area (Å²) in [5.41, 5.74) is -0.463. The van der Waals surface area contributed by atoms with Crippen LogP contribution < -0.4 is 0 Å². The number of aldehydes is 1. The van der Waals surface area contributed by atoms with Gasteiger partial charge in [-0.25, -0.2) is 0 Å². The molecule has 1 aliphatic rings.